The third-order valence-electron chi connectivity index (χ3n) is 4.86. The fourth-order valence-corrected chi connectivity index (χ4v) is 3.29. The highest BCUT2D eigenvalue weighted by Crippen LogP contribution is 2.06. The first-order valence-corrected chi connectivity index (χ1v) is 9.31. The number of amides is 2. The molecule has 0 radical (unpaired) electrons. The number of halogens is 1. The Kier molecular flexibility index (Phi) is 6.54. The van der Waals surface area contributed by atoms with Gasteiger partial charge in [0.05, 0.1) is 26.2 Å². The zero-order valence-corrected chi connectivity index (χ0v) is 15.3. The van der Waals surface area contributed by atoms with Gasteiger partial charge in [-0.05, 0) is 30.2 Å². The number of quaternary nitrogens is 1. The highest BCUT2D eigenvalue weighted by molar-refractivity contribution is 5.94. The minimum Gasteiger partial charge on any atom is -0.351 e. The minimum atomic E-state index is -0.239. The van der Waals surface area contributed by atoms with Crippen molar-refractivity contribution in [2.45, 2.75) is 6.42 Å². The van der Waals surface area contributed by atoms with Crippen LogP contribution in [0.3, 0.4) is 0 Å². The molecule has 0 spiro atoms. The summed E-state index contributed by atoms with van der Waals surface area (Å²) >= 11 is 0. The summed E-state index contributed by atoms with van der Waals surface area (Å²) in [5, 5.41) is 2.86. The Balaban J connectivity index is 1.38. The predicted octanol–water partition coefficient (Wildman–Crippen LogP) is 0.525. The Morgan fingerprint density at radius 2 is 1.67 bits per heavy atom. The van der Waals surface area contributed by atoms with Gasteiger partial charge in [0.2, 0.25) is 0 Å². The molecule has 2 amide bonds. The van der Waals surface area contributed by atoms with Crippen LogP contribution in [-0.4, -0.2) is 56.0 Å². The van der Waals surface area contributed by atoms with Gasteiger partial charge in [0, 0.05) is 12.1 Å². The van der Waals surface area contributed by atoms with Gasteiger partial charge < -0.3 is 15.1 Å². The maximum absolute atomic E-state index is 13.6. The molecular weight excluding hydrogens is 345 g/mol. The number of benzene rings is 2. The van der Waals surface area contributed by atoms with E-state index in [-0.39, 0.29) is 17.6 Å². The molecule has 0 aromatic heterocycles. The molecule has 0 unspecified atom stereocenters. The van der Waals surface area contributed by atoms with E-state index in [4.69, 9.17) is 0 Å². The number of nitrogens with zero attached hydrogens (tertiary/aromatic N) is 1. The van der Waals surface area contributed by atoms with Crippen molar-refractivity contribution in [3.05, 3.63) is 71.5 Å². The van der Waals surface area contributed by atoms with Crippen LogP contribution in [0.5, 0.6) is 0 Å². The Morgan fingerprint density at radius 1 is 1.00 bits per heavy atom. The van der Waals surface area contributed by atoms with E-state index in [9.17, 15) is 14.0 Å². The molecule has 6 heteroatoms. The smallest absolute Gasteiger partial charge is 0.275 e. The maximum Gasteiger partial charge on any atom is 0.275 e. The number of carbonyl (C=O) groups is 2. The lowest BCUT2D eigenvalue weighted by Crippen LogP contribution is -3.15. The topological polar surface area (TPSA) is 53.9 Å². The molecule has 1 saturated heterocycles. The number of hydrogen-bond acceptors (Lipinski definition) is 2. The second kappa shape index (κ2) is 9.28. The second-order valence-electron chi connectivity index (χ2n) is 6.78. The number of rotatable bonds is 6. The van der Waals surface area contributed by atoms with E-state index in [0.29, 0.717) is 43.7 Å². The van der Waals surface area contributed by atoms with Crippen LogP contribution in [-0.2, 0) is 11.2 Å². The fourth-order valence-electron chi connectivity index (χ4n) is 3.29. The first-order chi connectivity index (χ1) is 13.1. The lowest BCUT2D eigenvalue weighted by Gasteiger charge is -2.32. The minimum absolute atomic E-state index is 0.0378. The standard InChI is InChI=1S/C21H24FN3O2/c22-19-9-5-4-6-17(19)10-11-23-20(26)16-24-12-14-25(15-13-24)21(27)18-7-2-1-3-8-18/h1-9H,10-16H2,(H,23,26)/p+1. The lowest BCUT2D eigenvalue weighted by atomic mass is 10.1. The van der Waals surface area contributed by atoms with E-state index in [1.165, 1.54) is 6.07 Å². The Morgan fingerprint density at radius 3 is 2.37 bits per heavy atom. The molecule has 2 aromatic carbocycles. The summed E-state index contributed by atoms with van der Waals surface area (Å²) in [5.74, 6) is -0.232. The third-order valence-corrected chi connectivity index (χ3v) is 4.86. The maximum atomic E-state index is 13.6. The molecule has 0 aliphatic carbocycles. The van der Waals surface area contributed by atoms with Crippen molar-refractivity contribution in [3.63, 3.8) is 0 Å². The lowest BCUT2D eigenvalue weighted by molar-refractivity contribution is -0.896. The molecule has 5 nitrogen and oxygen atoms in total. The van der Waals surface area contributed by atoms with Crippen molar-refractivity contribution in [2.24, 2.45) is 0 Å². The molecule has 27 heavy (non-hydrogen) atoms. The van der Waals surface area contributed by atoms with E-state index in [1.807, 2.05) is 35.2 Å². The van der Waals surface area contributed by atoms with E-state index in [2.05, 4.69) is 5.32 Å². The summed E-state index contributed by atoms with van der Waals surface area (Å²) in [6.07, 6.45) is 0.479. The molecule has 2 N–H and O–H groups in total. The summed E-state index contributed by atoms with van der Waals surface area (Å²) in [6.45, 7) is 3.59. The zero-order valence-electron chi connectivity index (χ0n) is 15.3. The van der Waals surface area contributed by atoms with Gasteiger partial charge in [-0.1, -0.05) is 36.4 Å². The summed E-state index contributed by atoms with van der Waals surface area (Å²) in [5.41, 5.74) is 1.31. The van der Waals surface area contributed by atoms with Crippen molar-refractivity contribution >= 4 is 11.8 Å². The molecule has 0 bridgehead atoms. The zero-order chi connectivity index (χ0) is 19.1. The van der Waals surface area contributed by atoms with Crippen LogP contribution < -0.4 is 10.2 Å². The highest BCUT2D eigenvalue weighted by atomic mass is 19.1. The van der Waals surface area contributed by atoms with Gasteiger partial charge in [0.15, 0.2) is 6.54 Å². The molecule has 1 aliphatic rings. The van der Waals surface area contributed by atoms with E-state index < -0.39 is 0 Å². The van der Waals surface area contributed by atoms with Gasteiger partial charge in [0.1, 0.15) is 5.82 Å². The Hall–Kier alpha value is -2.73. The quantitative estimate of drug-likeness (QED) is 0.779. The third kappa shape index (κ3) is 5.37. The second-order valence-corrected chi connectivity index (χ2v) is 6.78. The Bertz CT molecular complexity index is 774. The molecule has 142 valence electrons. The average Bonchev–Trinajstić information content (AvgIpc) is 2.70. The number of hydrogen-bond donors (Lipinski definition) is 2. The number of nitrogens with one attached hydrogen (secondary N) is 2. The molecule has 1 fully saturated rings. The summed E-state index contributed by atoms with van der Waals surface area (Å²) in [6, 6.07) is 15.9. The fraction of sp³-hybridized carbons (Fsp3) is 0.333. The van der Waals surface area contributed by atoms with Gasteiger partial charge in [-0.2, -0.15) is 0 Å². The predicted molar refractivity (Wildman–Crippen MR) is 101 cm³/mol. The van der Waals surface area contributed by atoms with Crippen molar-refractivity contribution in [3.8, 4) is 0 Å². The highest BCUT2D eigenvalue weighted by Gasteiger charge is 2.25. The van der Waals surface area contributed by atoms with Crippen LogP contribution in [0.25, 0.3) is 0 Å². The van der Waals surface area contributed by atoms with Crippen LogP contribution in [0.1, 0.15) is 15.9 Å². The van der Waals surface area contributed by atoms with Crippen LogP contribution in [0.15, 0.2) is 54.6 Å². The normalized spacial score (nSPS) is 14.8. The summed E-state index contributed by atoms with van der Waals surface area (Å²) in [7, 11) is 0. The van der Waals surface area contributed by atoms with E-state index in [1.54, 1.807) is 18.2 Å². The van der Waals surface area contributed by atoms with Gasteiger partial charge in [0.25, 0.3) is 11.8 Å². The van der Waals surface area contributed by atoms with Crippen molar-refractivity contribution in [1.82, 2.24) is 10.2 Å². The van der Waals surface area contributed by atoms with Gasteiger partial charge >= 0.3 is 0 Å². The molecule has 1 heterocycles. The van der Waals surface area contributed by atoms with Crippen molar-refractivity contribution < 1.29 is 18.9 Å². The first kappa shape index (κ1) is 19.0. The Labute approximate surface area is 158 Å². The van der Waals surface area contributed by atoms with Crippen LogP contribution in [0.2, 0.25) is 0 Å². The molecule has 0 atom stereocenters. The van der Waals surface area contributed by atoms with Crippen LogP contribution in [0, 0.1) is 5.82 Å². The molecule has 2 aromatic rings. The van der Waals surface area contributed by atoms with Crippen LogP contribution >= 0.6 is 0 Å². The summed E-state index contributed by atoms with van der Waals surface area (Å²) in [4.78, 5) is 27.6. The van der Waals surface area contributed by atoms with Gasteiger partial charge in [-0.25, -0.2) is 4.39 Å². The largest absolute Gasteiger partial charge is 0.351 e. The molecule has 0 saturated carbocycles. The van der Waals surface area contributed by atoms with E-state index in [0.717, 1.165) is 18.0 Å². The number of piperazine rings is 1. The average molecular weight is 370 g/mol. The summed E-state index contributed by atoms with van der Waals surface area (Å²) < 4.78 is 13.6. The SMILES string of the molecule is O=C(C[NH+]1CCN(C(=O)c2ccccc2)CC1)NCCc1ccccc1F. The molecule has 1 aliphatic heterocycles. The van der Waals surface area contributed by atoms with Gasteiger partial charge in [-0.15, -0.1) is 0 Å². The van der Waals surface area contributed by atoms with Gasteiger partial charge in [-0.3, -0.25) is 9.59 Å². The number of carbonyl (C=O) groups excluding carboxylic acids is 2. The molecule has 3 rings (SSSR count). The van der Waals surface area contributed by atoms with Crippen LogP contribution in [0.4, 0.5) is 4.39 Å². The van der Waals surface area contributed by atoms with Crippen molar-refractivity contribution in [1.29, 1.82) is 0 Å². The monoisotopic (exact) mass is 370 g/mol. The van der Waals surface area contributed by atoms with Crippen molar-refractivity contribution in [2.75, 3.05) is 39.3 Å². The molecular formula is C21H25FN3O2+. The first-order valence-electron chi connectivity index (χ1n) is 9.31. The van der Waals surface area contributed by atoms with E-state index >= 15 is 0 Å².